The largest absolute Gasteiger partial charge is 0.497 e. The van der Waals surface area contributed by atoms with Crippen LogP contribution in [0.4, 0.5) is 0 Å². The van der Waals surface area contributed by atoms with Crippen LogP contribution >= 0.6 is 0 Å². The van der Waals surface area contributed by atoms with Gasteiger partial charge in [-0.3, -0.25) is 14.9 Å². The van der Waals surface area contributed by atoms with Crippen LogP contribution in [0.15, 0.2) is 18.2 Å². The third kappa shape index (κ3) is 1.44. The fraction of sp³-hybridized carbons (Fsp3) is 0.385. The van der Waals surface area contributed by atoms with Crippen LogP contribution in [0, 0.1) is 5.92 Å². The van der Waals surface area contributed by atoms with E-state index in [1.807, 2.05) is 18.2 Å². The molecule has 17 heavy (non-hydrogen) atoms. The molecular formula is C13H13NO3. The Hall–Kier alpha value is -1.84. The van der Waals surface area contributed by atoms with Gasteiger partial charge in [0, 0.05) is 0 Å². The van der Waals surface area contributed by atoms with Crippen molar-refractivity contribution in [3.8, 4) is 5.75 Å². The summed E-state index contributed by atoms with van der Waals surface area (Å²) >= 11 is 0. The minimum Gasteiger partial charge on any atom is -0.497 e. The summed E-state index contributed by atoms with van der Waals surface area (Å²) in [7, 11) is 1.62. The van der Waals surface area contributed by atoms with Crippen LogP contribution in [-0.2, 0) is 16.0 Å². The van der Waals surface area contributed by atoms with E-state index in [-0.39, 0.29) is 23.7 Å². The second-order valence-corrected chi connectivity index (χ2v) is 4.54. The number of benzene rings is 1. The van der Waals surface area contributed by atoms with E-state index < -0.39 is 0 Å². The van der Waals surface area contributed by atoms with E-state index in [1.54, 1.807) is 7.11 Å². The Labute approximate surface area is 99.0 Å². The van der Waals surface area contributed by atoms with E-state index in [2.05, 4.69) is 5.32 Å². The lowest BCUT2D eigenvalue weighted by molar-refractivity contribution is -0.125. The van der Waals surface area contributed by atoms with E-state index in [9.17, 15) is 9.59 Å². The van der Waals surface area contributed by atoms with Crippen LogP contribution in [0.2, 0.25) is 0 Å². The molecule has 2 unspecified atom stereocenters. The fourth-order valence-electron chi connectivity index (χ4n) is 2.82. The smallest absolute Gasteiger partial charge is 0.234 e. The molecular weight excluding hydrogens is 218 g/mol. The molecule has 4 heteroatoms. The van der Waals surface area contributed by atoms with Gasteiger partial charge in [-0.25, -0.2) is 0 Å². The molecule has 0 spiro atoms. The second kappa shape index (κ2) is 3.58. The summed E-state index contributed by atoms with van der Waals surface area (Å²) in [5, 5.41) is 2.42. The van der Waals surface area contributed by atoms with Crippen molar-refractivity contribution in [2.24, 2.45) is 5.92 Å². The molecule has 0 radical (unpaired) electrons. The fourth-order valence-corrected chi connectivity index (χ4v) is 2.82. The van der Waals surface area contributed by atoms with Crippen LogP contribution in [0.5, 0.6) is 5.75 Å². The summed E-state index contributed by atoms with van der Waals surface area (Å²) in [6.45, 7) is 0. The molecule has 1 saturated heterocycles. The number of ether oxygens (including phenoxy) is 1. The summed E-state index contributed by atoms with van der Waals surface area (Å²) < 4.78 is 5.17. The third-order valence-electron chi connectivity index (χ3n) is 3.68. The van der Waals surface area contributed by atoms with Gasteiger partial charge in [-0.1, -0.05) is 6.07 Å². The zero-order chi connectivity index (χ0) is 12.0. The number of imide groups is 1. The van der Waals surface area contributed by atoms with Crippen molar-refractivity contribution >= 4 is 11.8 Å². The first-order valence-corrected chi connectivity index (χ1v) is 5.72. The van der Waals surface area contributed by atoms with Gasteiger partial charge in [0.25, 0.3) is 0 Å². The van der Waals surface area contributed by atoms with Crippen molar-refractivity contribution in [1.82, 2.24) is 5.32 Å². The molecule has 1 aliphatic carbocycles. The van der Waals surface area contributed by atoms with E-state index in [0.29, 0.717) is 0 Å². The van der Waals surface area contributed by atoms with Crippen LogP contribution in [0.1, 0.15) is 23.5 Å². The number of methoxy groups -OCH3 is 1. The van der Waals surface area contributed by atoms with E-state index in [0.717, 1.165) is 29.7 Å². The second-order valence-electron chi connectivity index (χ2n) is 4.54. The maximum atomic E-state index is 11.8. The normalized spacial score (nSPS) is 26.2. The zero-order valence-electron chi connectivity index (χ0n) is 9.53. The first kappa shape index (κ1) is 10.3. The minimum absolute atomic E-state index is 0.124. The molecule has 2 amide bonds. The van der Waals surface area contributed by atoms with Gasteiger partial charge in [0.05, 0.1) is 18.9 Å². The van der Waals surface area contributed by atoms with Crippen LogP contribution in [-0.4, -0.2) is 18.9 Å². The SMILES string of the molecule is COc1ccc2c(c1)CCC1C(=O)NC(=O)C21. The average molecular weight is 231 g/mol. The zero-order valence-corrected chi connectivity index (χ0v) is 9.53. The minimum atomic E-state index is -0.294. The summed E-state index contributed by atoms with van der Waals surface area (Å²) in [4.78, 5) is 23.4. The number of aryl methyl sites for hydroxylation is 1. The van der Waals surface area contributed by atoms with Gasteiger partial charge in [-0.05, 0) is 36.1 Å². The molecule has 1 heterocycles. The first-order valence-electron chi connectivity index (χ1n) is 5.72. The summed E-state index contributed by atoms with van der Waals surface area (Å²) in [5.74, 6) is 0.0417. The van der Waals surface area contributed by atoms with Crippen molar-refractivity contribution < 1.29 is 14.3 Å². The molecule has 1 N–H and O–H groups in total. The highest BCUT2D eigenvalue weighted by Crippen LogP contribution is 2.40. The standard InChI is InChI=1S/C13H13NO3/c1-17-8-3-5-9-7(6-8)2-4-10-11(9)13(16)14-12(10)15/h3,5-6,10-11H,2,4H2,1H3,(H,14,15,16). The Morgan fingerprint density at radius 2 is 2.12 bits per heavy atom. The topological polar surface area (TPSA) is 55.4 Å². The highest BCUT2D eigenvalue weighted by molar-refractivity contribution is 6.08. The molecule has 2 atom stereocenters. The third-order valence-corrected chi connectivity index (χ3v) is 3.68. The summed E-state index contributed by atoms with van der Waals surface area (Å²) in [5.41, 5.74) is 2.10. The maximum Gasteiger partial charge on any atom is 0.234 e. The number of hydrogen-bond acceptors (Lipinski definition) is 3. The Kier molecular flexibility index (Phi) is 2.18. The van der Waals surface area contributed by atoms with Crippen molar-refractivity contribution in [2.45, 2.75) is 18.8 Å². The molecule has 88 valence electrons. The van der Waals surface area contributed by atoms with E-state index in [4.69, 9.17) is 4.74 Å². The van der Waals surface area contributed by atoms with Gasteiger partial charge in [0.2, 0.25) is 11.8 Å². The quantitative estimate of drug-likeness (QED) is 0.733. The number of rotatable bonds is 1. The predicted molar refractivity (Wildman–Crippen MR) is 60.7 cm³/mol. The van der Waals surface area contributed by atoms with Crippen molar-refractivity contribution in [3.63, 3.8) is 0 Å². The lowest BCUT2D eigenvalue weighted by atomic mass is 9.76. The van der Waals surface area contributed by atoms with Crippen LogP contribution < -0.4 is 10.1 Å². The van der Waals surface area contributed by atoms with Crippen molar-refractivity contribution in [3.05, 3.63) is 29.3 Å². The molecule has 1 aliphatic heterocycles. The lowest BCUT2D eigenvalue weighted by Gasteiger charge is -2.25. The maximum absolute atomic E-state index is 11.8. The molecule has 2 aliphatic rings. The van der Waals surface area contributed by atoms with Gasteiger partial charge >= 0.3 is 0 Å². The molecule has 0 bridgehead atoms. The summed E-state index contributed by atoms with van der Waals surface area (Å²) in [6.07, 6.45) is 1.57. The first-order chi connectivity index (χ1) is 8.20. The van der Waals surface area contributed by atoms with Crippen molar-refractivity contribution in [2.75, 3.05) is 7.11 Å². The van der Waals surface area contributed by atoms with Crippen LogP contribution in [0.3, 0.4) is 0 Å². The highest BCUT2D eigenvalue weighted by Gasteiger charge is 2.45. The Bertz CT molecular complexity index is 509. The van der Waals surface area contributed by atoms with Gasteiger partial charge in [0.1, 0.15) is 5.75 Å². The van der Waals surface area contributed by atoms with Crippen molar-refractivity contribution in [1.29, 1.82) is 0 Å². The number of carbonyl (C=O) groups excluding carboxylic acids is 2. The van der Waals surface area contributed by atoms with Gasteiger partial charge < -0.3 is 4.74 Å². The van der Waals surface area contributed by atoms with E-state index >= 15 is 0 Å². The molecule has 3 rings (SSSR count). The molecule has 0 saturated carbocycles. The van der Waals surface area contributed by atoms with Crippen LogP contribution in [0.25, 0.3) is 0 Å². The van der Waals surface area contributed by atoms with Gasteiger partial charge in [-0.2, -0.15) is 0 Å². The molecule has 1 aromatic rings. The monoisotopic (exact) mass is 231 g/mol. The number of amides is 2. The number of carbonyl (C=O) groups is 2. The molecule has 4 nitrogen and oxygen atoms in total. The Morgan fingerprint density at radius 1 is 1.29 bits per heavy atom. The molecule has 1 fully saturated rings. The predicted octanol–water partition coefficient (Wildman–Crippen LogP) is 0.998. The average Bonchev–Trinajstić information content (AvgIpc) is 2.64. The van der Waals surface area contributed by atoms with E-state index in [1.165, 1.54) is 0 Å². The van der Waals surface area contributed by atoms with Gasteiger partial charge in [-0.15, -0.1) is 0 Å². The number of fused-ring (bicyclic) bond motifs is 3. The Balaban J connectivity index is 2.07. The highest BCUT2D eigenvalue weighted by atomic mass is 16.5. The summed E-state index contributed by atoms with van der Waals surface area (Å²) in [6, 6.07) is 5.71. The molecule has 0 aromatic heterocycles. The number of hydrogen-bond donors (Lipinski definition) is 1. The lowest BCUT2D eigenvalue weighted by Crippen LogP contribution is -2.23. The number of nitrogens with one attached hydrogen (secondary N) is 1. The van der Waals surface area contributed by atoms with Gasteiger partial charge in [0.15, 0.2) is 0 Å². The molecule has 1 aromatic carbocycles. The Morgan fingerprint density at radius 3 is 2.88 bits per heavy atom.